The van der Waals surface area contributed by atoms with Gasteiger partial charge in [-0.05, 0) is 34.9 Å². The first kappa shape index (κ1) is 11.6. The molecule has 0 bridgehead atoms. The highest BCUT2D eigenvalue weighted by atomic mass is 32.1. The van der Waals surface area contributed by atoms with Gasteiger partial charge in [0.05, 0.1) is 0 Å². The van der Waals surface area contributed by atoms with Gasteiger partial charge in [0.1, 0.15) is 0 Å². The van der Waals surface area contributed by atoms with E-state index in [1.165, 1.54) is 15.6 Å². The molecule has 0 unspecified atom stereocenters. The van der Waals surface area contributed by atoms with Crippen molar-refractivity contribution in [1.82, 2.24) is 0 Å². The summed E-state index contributed by atoms with van der Waals surface area (Å²) in [6.07, 6.45) is 4.52. The maximum absolute atomic E-state index is 10.4. The summed E-state index contributed by atoms with van der Waals surface area (Å²) in [5, 5.41) is 11.8. The molecule has 2 aromatic rings. The summed E-state index contributed by atoms with van der Waals surface area (Å²) in [6.45, 7) is 1.99. The summed E-state index contributed by atoms with van der Waals surface area (Å²) in [4.78, 5) is 10.4. The number of hydrogen-bond donors (Lipinski definition) is 1. The summed E-state index contributed by atoms with van der Waals surface area (Å²) in [7, 11) is 0. The SMILES string of the molecule is C/C(=C\C=C\C(=O)O)c1csc2ccccc12. The molecule has 0 aliphatic rings. The minimum atomic E-state index is -0.927. The highest BCUT2D eigenvalue weighted by Crippen LogP contribution is 2.30. The number of hydrogen-bond acceptors (Lipinski definition) is 2. The van der Waals surface area contributed by atoms with E-state index in [9.17, 15) is 4.79 Å². The second kappa shape index (κ2) is 4.97. The van der Waals surface area contributed by atoms with Gasteiger partial charge in [-0.15, -0.1) is 11.3 Å². The van der Waals surface area contributed by atoms with E-state index >= 15 is 0 Å². The molecule has 0 aliphatic carbocycles. The van der Waals surface area contributed by atoms with Crippen LogP contribution in [0.4, 0.5) is 0 Å². The van der Waals surface area contributed by atoms with Crippen LogP contribution in [0.3, 0.4) is 0 Å². The Balaban J connectivity index is 2.37. The number of aliphatic carboxylic acids is 1. The zero-order valence-electron chi connectivity index (χ0n) is 9.38. The minimum absolute atomic E-state index is 0.927. The molecule has 1 aromatic carbocycles. The molecule has 3 heteroatoms. The lowest BCUT2D eigenvalue weighted by atomic mass is 10.1. The van der Waals surface area contributed by atoms with E-state index in [2.05, 4.69) is 17.5 Å². The average molecular weight is 244 g/mol. The van der Waals surface area contributed by atoms with Gasteiger partial charge in [-0.25, -0.2) is 4.79 Å². The van der Waals surface area contributed by atoms with Crippen molar-refractivity contribution in [1.29, 1.82) is 0 Å². The molecule has 1 aromatic heterocycles. The third-order valence-corrected chi connectivity index (χ3v) is 3.45. The highest BCUT2D eigenvalue weighted by Gasteiger charge is 2.03. The molecule has 0 aliphatic heterocycles. The van der Waals surface area contributed by atoms with Gasteiger partial charge in [-0.2, -0.15) is 0 Å². The quantitative estimate of drug-likeness (QED) is 0.655. The zero-order chi connectivity index (χ0) is 12.3. The van der Waals surface area contributed by atoms with Crippen molar-refractivity contribution in [2.24, 2.45) is 0 Å². The molecule has 0 atom stereocenters. The van der Waals surface area contributed by atoms with E-state index < -0.39 is 5.97 Å². The third-order valence-electron chi connectivity index (χ3n) is 2.49. The van der Waals surface area contributed by atoms with Crippen molar-refractivity contribution < 1.29 is 9.90 Å². The Morgan fingerprint density at radius 3 is 2.88 bits per heavy atom. The predicted octanol–water partition coefficient (Wildman–Crippen LogP) is 3.95. The Hall–Kier alpha value is -1.87. The van der Waals surface area contributed by atoms with Crippen molar-refractivity contribution in [3.05, 3.63) is 53.4 Å². The molecule has 0 saturated carbocycles. The molecule has 1 heterocycles. The minimum Gasteiger partial charge on any atom is -0.478 e. The van der Waals surface area contributed by atoms with Crippen molar-refractivity contribution in [2.75, 3.05) is 0 Å². The van der Waals surface area contributed by atoms with Crippen LogP contribution in [-0.2, 0) is 4.79 Å². The summed E-state index contributed by atoms with van der Waals surface area (Å²) in [5.74, 6) is -0.927. The number of carbonyl (C=O) groups is 1. The molecule has 2 rings (SSSR count). The molecule has 0 radical (unpaired) electrons. The normalized spacial score (nSPS) is 12.4. The number of carboxylic acid groups (broad SMARTS) is 1. The Labute approximate surface area is 104 Å². The van der Waals surface area contributed by atoms with Gasteiger partial charge in [0, 0.05) is 10.8 Å². The second-order valence-electron chi connectivity index (χ2n) is 3.69. The Morgan fingerprint density at radius 1 is 1.35 bits per heavy atom. The number of allylic oxidation sites excluding steroid dienone is 3. The lowest BCUT2D eigenvalue weighted by molar-refractivity contribution is -0.131. The van der Waals surface area contributed by atoms with Crippen LogP contribution in [0.5, 0.6) is 0 Å². The van der Waals surface area contributed by atoms with E-state index in [4.69, 9.17) is 5.11 Å². The third kappa shape index (κ3) is 2.63. The van der Waals surface area contributed by atoms with Crippen LogP contribution >= 0.6 is 11.3 Å². The maximum Gasteiger partial charge on any atom is 0.328 e. The lowest BCUT2D eigenvalue weighted by Crippen LogP contribution is -1.84. The molecule has 0 amide bonds. The monoisotopic (exact) mass is 244 g/mol. The number of benzene rings is 1. The maximum atomic E-state index is 10.4. The van der Waals surface area contributed by atoms with E-state index in [0.717, 1.165) is 11.6 Å². The van der Waals surface area contributed by atoms with Crippen molar-refractivity contribution in [3.63, 3.8) is 0 Å². The Morgan fingerprint density at radius 2 is 2.12 bits per heavy atom. The van der Waals surface area contributed by atoms with Crippen LogP contribution in [0.25, 0.3) is 15.7 Å². The molecule has 0 spiro atoms. The van der Waals surface area contributed by atoms with Crippen LogP contribution in [0.2, 0.25) is 0 Å². The van der Waals surface area contributed by atoms with Gasteiger partial charge in [-0.1, -0.05) is 30.4 Å². The van der Waals surface area contributed by atoms with Gasteiger partial charge < -0.3 is 5.11 Å². The van der Waals surface area contributed by atoms with Crippen molar-refractivity contribution in [2.45, 2.75) is 6.92 Å². The lowest BCUT2D eigenvalue weighted by Gasteiger charge is -1.97. The molecule has 0 fully saturated rings. The topological polar surface area (TPSA) is 37.3 Å². The summed E-state index contributed by atoms with van der Waals surface area (Å²) in [6, 6.07) is 8.20. The van der Waals surface area contributed by atoms with Gasteiger partial charge in [0.2, 0.25) is 0 Å². The van der Waals surface area contributed by atoms with Crippen LogP contribution in [-0.4, -0.2) is 11.1 Å². The van der Waals surface area contributed by atoms with E-state index in [0.29, 0.717) is 0 Å². The smallest absolute Gasteiger partial charge is 0.328 e. The molecule has 2 nitrogen and oxygen atoms in total. The first-order chi connectivity index (χ1) is 8.18. The summed E-state index contributed by atoms with van der Waals surface area (Å²) in [5.41, 5.74) is 2.24. The fourth-order valence-electron chi connectivity index (χ4n) is 1.65. The largest absolute Gasteiger partial charge is 0.478 e. The van der Waals surface area contributed by atoms with Crippen LogP contribution in [0, 0.1) is 0 Å². The van der Waals surface area contributed by atoms with Crippen molar-refractivity contribution >= 4 is 33.0 Å². The van der Waals surface area contributed by atoms with E-state index in [-0.39, 0.29) is 0 Å². The van der Waals surface area contributed by atoms with Crippen molar-refractivity contribution in [3.8, 4) is 0 Å². The van der Waals surface area contributed by atoms with Gasteiger partial charge in [-0.3, -0.25) is 0 Å². The van der Waals surface area contributed by atoms with Gasteiger partial charge in [0.25, 0.3) is 0 Å². The van der Waals surface area contributed by atoms with E-state index in [1.54, 1.807) is 17.4 Å². The number of rotatable bonds is 3. The average Bonchev–Trinajstić information content (AvgIpc) is 2.72. The van der Waals surface area contributed by atoms with Crippen LogP contribution < -0.4 is 0 Å². The van der Waals surface area contributed by atoms with Crippen LogP contribution in [0.1, 0.15) is 12.5 Å². The standard InChI is InChI=1S/C14H12O2S/c1-10(5-4-8-14(15)16)12-9-17-13-7-3-2-6-11(12)13/h2-9H,1H3,(H,15,16)/b8-4+,10-5+. The zero-order valence-corrected chi connectivity index (χ0v) is 10.2. The Bertz CT molecular complexity index is 605. The number of thiophene rings is 1. The first-order valence-electron chi connectivity index (χ1n) is 5.23. The summed E-state index contributed by atoms with van der Waals surface area (Å²) >= 11 is 1.70. The highest BCUT2D eigenvalue weighted by molar-refractivity contribution is 7.17. The number of fused-ring (bicyclic) bond motifs is 1. The molecule has 1 N–H and O–H groups in total. The first-order valence-corrected chi connectivity index (χ1v) is 6.11. The molecular weight excluding hydrogens is 232 g/mol. The van der Waals surface area contributed by atoms with Crippen LogP contribution in [0.15, 0.2) is 47.9 Å². The molecule has 17 heavy (non-hydrogen) atoms. The fourth-order valence-corrected chi connectivity index (χ4v) is 2.67. The van der Waals surface area contributed by atoms with E-state index in [1.807, 2.05) is 25.1 Å². The molecular formula is C14H12O2S. The fraction of sp³-hybridized carbons (Fsp3) is 0.0714. The molecule has 86 valence electrons. The number of carboxylic acids is 1. The molecule has 0 saturated heterocycles. The van der Waals surface area contributed by atoms with Gasteiger partial charge in [0.15, 0.2) is 0 Å². The Kier molecular flexibility index (Phi) is 3.40. The predicted molar refractivity (Wildman–Crippen MR) is 72.3 cm³/mol. The summed E-state index contributed by atoms with van der Waals surface area (Å²) < 4.78 is 1.25. The van der Waals surface area contributed by atoms with Gasteiger partial charge >= 0.3 is 5.97 Å². The second-order valence-corrected chi connectivity index (χ2v) is 4.60.